The van der Waals surface area contributed by atoms with E-state index < -0.39 is 30.0 Å². The Morgan fingerprint density at radius 2 is 0.743 bits per heavy atom. The lowest BCUT2D eigenvalue weighted by Gasteiger charge is -2.32. The second kappa shape index (κ2) is 24.2. The molecule has 4 aromatic carbocycles. The van der Waals surface area contributed by atoms with Crippen molar-refractivity contribution in [2.45, 2.75) is 37.5 Å². The quantitative estimate of drug-likeness (QED) is 0.0147. The van der Waals surface area contributed by atoms with Crippen LogP contribution in [0.25, 0.3) is 12.2 Å². The average Bonchev–Trinajstić information content (AvgIpc) is 3.35. The zero-order valence-corrected chi connectivity index (χ0v) is 45.3. The largest absolute Gasteiger partial charge is 0.378 e. The maximum absolute atomic E-state index is 12.9. The summed E-state index contributed by atoms with van der Waals surface area (Å²) in [5.41, 5.74) is 3.88. The predicted octanol–water partition coefficient (Wildman–Crippen LogP) is 7.62. The van der Waals surface area contributed by atoms with Gasteiger partial charge in [0.2, 0.25) is 35.7 Å². The first kappa shape index (κ1) is 56.1. The van der Waals surface area contributed by atoms with Gasteiger partial charge >= 0.3 is 0 Å². The number of anilines is 12. The Labute approximate surface area is 435 Å². The highest BCUT2D eigenvalue weighted by molar-refractivity contribution is 7.86. The highest BCUT2D eigenvalue weighted by atomic mass is 32.2. The molecule has 2 heterocycles. The van der Waals surface area contributed by atoms with Gasteiger partial charge in [-0.1, -0.05) is 24.3 Å². The van der Waals surface area contributed by atoms with Gasteiger partial charge in [-0.15, -0.1) is 0 Å². The summed E-state index contributed by atoms with van der Waals surface area (Å²) in [6.45, 7) is 15.0. The van der Waals surface area contributed by atoms with Crippen LogP contribution >= 0.6 is 0 Å². The van der Waals surface area contributed by atoms with E-state index in [9.17, 15) is 25.9 Å². The minimum Gasteiger partial charge on any atom is -0.378 e. The first-order valence-electron chi connectivity index (χ1n) is 24.2. The van der Waals surface area contributed by atoms with Crippen LogP contribution in [-0.2, 0) is 20.2 Å². The van der Waals surface area contributed by atoms with Gasteiger partial charge in [-0.05, 0) is 112 Å². The molecule has 0 radical (unpaired) electrons. The third-order valence-electron chi connectivity index (χ3n) is 13.0. The molecule has 0 aliphatic carbocycles. The van der Waals surface area contributed by atoms with E-state index in [1.165, 1.54) is 36.4 Å². The molecule has 6 aromatic rings. The molecule has 74 heavy (non-hydrogen) atoms. The highest BCUT2D eigenvalue weighted by Gasteiger charge is 2.21. The summed E-state index contributed by atoms with van der Waals surface area (Å²) in [6.07, 6.45) is 2.62. The number of nitrogens with one attached hydrogen (secondary N) is 6. The maximum Gasteiger partial charge on any atom is 0.295 e. The molecule has 6 rings (SSSR count). The molecule has 8 N–H and O–H groups in total. The van der Waals surface area contributed by atoms with Gasteiger partial charge < -0.3 is 50.7 Å². The fourth-order valence-corrected chi connectivity index (χ4v) is 8.84. The maximum atomic E-state index is 12.9. The first-order valence-corrected chi connectivity index (χ1v) is 27.1. The van der Waals surface area contributed by atoms with Crippen LogP contribution in [0.5, 0.6) is 0 Å². The molecule has 2 aromatic heterocycles. The van der Waals surface area contributed by atoms with Crippen molar-refractivity contribution in [2.24, 2.45) is 0 Å². The fourth-order valence-electron chi connectivity index (χ4n) is 7.42. The summed E-state index contributed by atoms with van der Waals surface area (Å²) in [4.78, 5) is 30.4. The number of hydrogen-bond donors (Lipinski definition) is 8. The minimum absolute atomic E-state index is 0.00896. The Hall–Kier alpha value is -7.22. The first-order chi connectivity index (χ1) is 35.0. The van der Waals surface area contributed by atoms with Crippen LogP contribution < -0.4 is 41.7 Å². The Morgan fingerprint density at radius 1 is 0.459 bits per heavy atom. The molecule has 0 amide bonds. The van der Waals surface area contributed by atoms with Gasteiger partial charge in [0, 0.05) is 62.3 Å². The van der Waals surface area contributed by atoms with Crippen molar-refractivity contribution >= 4 is 102 Å². The predicted molar refractivity (Wildman–Crippen MR) is 297 cm³/mol. The van der Waals surface area contributed by atoms with Gasteiger partial charge in [0.1, 0.15) is 9.79 Å². The van der Waals surface area contributed by atoms with Crippen LogP contribution in [-0.4, -0.2) is 159 Å². The summed E-state index contributed by atoms with van der Waals surface area (Å²) in [5, 5.41) is 19.1. The van der Waals surface area contributed by atoms with Crippen molar-refractivity contribution in [1.82, 2.24) is 29.9 Å². The number of aromatic nitrogens is 6. The Kier molecular flexibility index (Phi) is 18.3. The van der Waals surface area contributed by atoms with Crippen molar-refractivity contribution in [2.75, 3.05) is 136 Å². The standard InChI is InChI=1S/C50H68N16O6S2/c1-11-65(9,12-2)31-29-51-45-57-47(53-37-21-25-41(26-22-37)63(5)6)61-49(59-45)55-39-19-17-35(43(33-39)73(67,68)69)15-16-36-18-20-40(34-44(36)74(70,71)72)56-50-60-46(52-30-32-66(10,13-3)14-4)58-48(62-50)54-38-23-27-42(28-24-38)64(7)8/h15-28,33-34H,11-14,29-32H2,1-10H3,(H6-2,51,52,53,54,55,56,57,58,59,60,61,62,67,68,69,70,71,72)/p+2/b16-15+. The summed E-state index contributed by atoms with van der Waals surface area (Å²) >= 11 is 0. The number of likely N-dealkylation sites (N-methyl/N-ethyl adjacent to an activating group) is 2. The Balaban J connectivity index is 1.27. The van der Waals surface area contributed by atoms with E-state index in [1.807, 2.05) is 86.5 Å². The summed E-state index contributed by atoms with van der Waals surface area (Å²) in [7, 11) is 2.40. The third kappa shape index (κ3) is 15.6. The Bertz CT molecular complexity index is 2910. The van der Waals surface area contributed by atoms with Crippen LogP contribution in [0.1, 0.15) is 38.8 Å². The number of benzene rings is 4. The SMILES string of the molecule is CC[N+](C)(CC)CCNc1nc(Nc2ccc(N(C)C)cc2)nc(Nc2ccc(/C=C/c3ccc(Nc4nc(NCC[N+](C)(CC)CC)nc(Nc5ccc(N(C)C)cc5)n4)cc3S(=O)(=O)O)c(S(=O)(=O)O)c2)n1. The van der Waals surface area contributed by atoms with Crippen molar-refractivity contribution < 1.29 is 34.9 Å². The molecule has 22 nitrogen and oxygen atoms in total. The molecule has 0 saturated carbocycles. The number of hydrogen-bond acceptors (Lipinski definition) is 18. The second-order valence-corrected chi connectivity index (χ2v) is 21.4. The molecule has 24 heteroatoms. The fraction of sp³-hybridized carbons (Fsp3) is 0.360. The van der Waals surface area contributed by atoms with Crippen LogP contribution in [0.4, 0.5) is 69.8 Å². The summed E-state index contributed by atoms with van der Waals surface area (Å²) in [6, 6.07) is 23.7. The van der Waals surface area contributed by atoms with Crippen LogP contribution in [0, 0.1) is 0 Å². The number of rotatable bonds is 26. The average molecular weight is 1060 g/mol. The lowest BCUT2D eigenvalue weighted by Crippen LogP contribution is -2.46. The van der Waals surface area contributed by atoms with E-state index in [4.69, 9.17) is 0 Å². The Morgan fingerprint density at radius 3 is 1.03 bits per heavy atom. The molecule has 0 aliphatic heterocycles. The van der Waals surface area contributed by atoms with Gasteiger partial charge in [0.15, 0.2) is 0 Å². The normalized spacial score (nSPS) is 12.1. The van der Waals surface area contributed by atoms with E-state index >= 15 is 0 Å². The molecule has 0 atom stereocenters. The van der Waals surface area contributed by atoms with Gasteiger partial charge in [0.25, 0.3) is 20.2 Å². The van der Waals surface area contributed by atoms with E-state index in [0.29, 0.717) is 13.1 Å². The van der Waals surface area contributed by atoms with Gasteiger partial charge in [-0.2, -0.15) is 46.7 Å². The third-order valence-corrected chi connectivity index (χ3v) is 14.8. The topological polar surface area (TPSA) is 265 Å². The monoisotopic (exact) mass is 1050 g/mol. The highest BCUT2D eigenvalue weighted by Crippen LogP contribution is 2.29. The molecule has 0 unspecified atom stereocenters. The molecule has 0 saturated heterocycles. The van der Waals surface area contributed by atoms with Crippen LogP contribution in [0.15, 0.2) is 94.7 Å². The molecular weight excluding hydrogens is 985 g/mol. The van der Waals surface area contributed by atoms with Crippen molar-refractivity contribution in [3.8, 4) is 0 Å². The number of nitrogens with zero attached hydrogens (tertiary/aromatic N) is 10. The second-order valence-electron chi connectivity index (χ2n) is 18.6. The van der Waals surface area contributed by atoms with Gasteiger partial charge in [0.05, 0.1) is 66.5 Å². The molecule has 396 valence electrons. The summed E-state index contributed by atoms with van der Waals surface area (Å²) in [5.74, 6) is 1.13. The molecule has 0 fully saturated rings. The zero-order valence-electron chi connectivity index (χ0n) is 43.7. The van der Waals surface area contributed by atoms with E-state index in [-0.39, 0.29) is 58.2 Å². The van der Waals surface area contributed by atoms with Crippen molar-refractivity contribution in [3.05, 3.63) is 96.1 Å². The van der Waals surface area contributed by atoms with Crippen LogP contribution in [0.3, 0.4) is 0 Å². The van der Waals surface area contributed by atoms with Gasteiger partial charge in [-0.3, -0.25) is 9.11 Å². The van der Waals surface area contributed by atoms with Crippen molar-refractivity contribution in [3.63, 3.8) is 0 Å². The van der Waals surface area contributed by atoms with E-state index in [2.05, 4.69) is 104 Å². The number of quaternary nitrogens is 2. The lowest BCUT2D eigenvalue weighted by atomic mass is 10.1. The van der Waals surface area contributed by atoms with Crippen molar-refractivity contribution in [1.29, 1.82) is 0 Å². The molecule has 0 bridgehead atoms. The van der Waals surface area contributed by atoms with Crippen LogP contribution in [0.2, 0.25) is 0 Å². The lowest BCUT2D eigenvalue weighted by molar-refractivity contribution is -0.904. The molecule has 0 aliphatic rings. The molecule has 0 spiro atoms. The smallest absolute Gasteiger partial charge is 0.295 e. The summed E-state index contributed by atoms with van der Waals surface area (Å²) < 4.78 is 74.2. The molecular formula is C50H70N16O6S2+2. The van der Waals surface area contributed by atoms with Gasteiger partial charge in [-0.25, -0.2) is 0 Å². The minimum atomic E-state index is -4.86. The van der Waals surface area contributed by atoms with E-state index in [1.54, 1.807) is 12.1 Å². The zero-order chi connectivity index (χ0) is 53.8. The van der Waals surface area contributed by atoms with E-state index in [0.717, 1.165) is 71.0 Å².